The maximum Gasteiger partial charge on any atom is 0.328 e. The number of morpholine rings is 1. The summed E-state index contributed by atoms with van der Waals surface area (Å²) in [6.07, 6.45) is 0. The number of carboxylic acids is 1. The van der Waals surface area contributed by atoms with Crippen molar-refractivity contribution in [2.45, 2.75) is 12.6 Å². The predicted octanol–water partition coefficient (Wildman–Crippen LogP) is 1.26. The molecule has 0 saturated carbocycles. The number of carboxylic acid groups (broad SMARTS) is 1. The van der Waals surface area contributed by atoms with Crippen molar-refractivity contribution in [1.82, 2.24) is 4.90 Å². The Morgan fingerprint density at radius 3 is 3.00 bits per heavy atom. The van der Waals surface area contributed by atoms with Gasteiger partial charge in [-0.3, -0.25) is 4.79 Å². The van der Waals surface area contributed by atoms with Crippen LogP contribution in [-0.2, 0) is 20.9 Å². The highest BCUT2D eigenvalue weighted by molar-refractivity contribution is 9.10. The van der Waals surface area contributed by atoms with Gasteiger partial charge in [-0.15, -0.1) is 0 Å². The second-order valence-electron chi connectivity index (χ2n) is 4.02. The number of hydrogen-bond donors (Lipinski definition) is 1. The van der Waals surface area contributed by atoms with Crippen LogP contribution in [0.1, 0.15) is 5.56 Å². The molecule has 2 rings (SSSR count). The maximum atomic E-state index is 11.7. The molecule has 5 nitrogen and oxygen atoms in total. The highest BCUT2D eigenvalue weighted by Gasteiger charge is 2.33. The van der Waals surface area contributed by atoms with E-state index in [-0.39, 0.29) is 25.7 Å². The number of hydrogen-bond acceptors (Lipinski definition) is 3. The SMILES string of the molecule is O=C(O)C1COCC(=O)N1Cc1cccc(Br)c1. The fourth-order valence-electron chi connectivity index (χ4n) is 1.84. The molecule has 1 unspecified atom stereocenters. The van der Waals surface area contributed by atoms with Crippen LogP contribution in [0, 0.1) is 0 Å². The van der Waals surface area contributed by atoms with Gasteiger partial charge in [0.05, 0.1) is 6.61 Å². The highest BCUT2D eigenvalue weighted by Crippen LogP contribution is 2.17. The average molecular weight is 314 g/mol. The molecular formula is C12H12BrNO4. The first-order valence-electron chi connectivity index (χ1n) is 5.42. The second kappa shape index (κ2) is 5.49. The van der Waals surface area contributed by atoms with E-state index in [4.69, 9.17) is 9.84 Å². The van der Waals surface area contributed by atoms with Crippen molar-refractivity contribution in [3.05, 3.63) is 34.3 Å². The second-order valence-corrected chi connectivity index (χ2v) is 4.94. The van der Waals surface area contributed by atoms with Gasteiger partial charge in [0, 0.05) is 11.0 Å². The molecular weight excluding hydrogens is 302 g/mol. The van der Waals surface area contributed by atoms with Gasteiger partial charge in [0.15, 0.2) is 6.04 Å². The number of carbonyl (C=O) groups excluding carboxylic acids is 1. The summed E-state index contributed by atoms with van der Waals surface area (Å²) in [5.41, 5.74) is 0.880. The third-order valence-corrected chi connectivity index (χ3v) is 3.22. The first kappa shape index (κ1) is 13.0. The van der Waals surface area contributed by atoms with Crippen LogP contribution < -0.4 is 0 Å². The fourth-order valence-corrected chi connectivity index (χ4v) is 2.29. The Hall–Kier alpha value is -1.40. The summed E-state index contributed by atoms with van der Waals surface area (Å²) in [7, 11) is 0. The van der Waals surface area contributed by atoms with Crippen molar-refractivity contribution < 1.29 is 19.4 Å². The molecule has 1 fully saturated rings. The number of amides is 1. The molecule has 6 heteroatoms. The van der Waals surface area contributed by atoms with Gasteiger partial charge in [-0.25, -0.2) is 4.79 Å². The lowest BCUT2D eigenvalue weighted by molar-refractivity contribution is -0.163. The van der Waals surface area contributed by atoms with Gasteiger partial charge in [0.1, 0.15) is 6.61 Å². The van der Waals surface area contributed by atoms with E-state index in [2.05, 4.69) is 15.9 Å². The third-order valence-electron chi connectivity index (χ3n) is 2.72. The van der Waals surface area contributed by atoms with E-state index in [0.717, 1.165) is 10.0 Å². The van der Waals surface area contributed by atoms with Crippen LogP contribution in [0.4, 0.5) is 0 Å². The van der Waals surface area contributed by atoms with Crippen LogP contribution in [0.3, 0.4) is 0 Å². The van der Waals surface area contributed by atoms with Crippen LogP contribution in [0.15, 0.2) is 28.7 Å². The van der Waals surface area contributed by atoms with Gasteiger partial charge in [-0.05, 0) is 17.7 Å². The summed E-state index contributed by atoms with van der Waals surface area (Å²) < 4.78 is 5.86. The summed E-state index contributed by atoms with van der Waals surface area (Å²) in [4.78, 5) is 24.1. The van der Waals surface area contributed by atoms with Crippen LogP contribution >= 0.6 is 15.9 Å². The Kier molecular flexibility index (Phi) is 3.98. The number of benzene rings is 1. The van der Waals surface area contributed by atoms with Gasteiger partial charge < -0.3 is 14.7 Å². The zero-order valence-corrected chi connectivity index (χ0v) is 11.1. The van der Waals surface area contributed by atoms with Gasteiger partial charge in [-0.1, -0.05) is 28.1 Å². The molecule has 1 aromatic carbocycles. The van der Waals surface area contributed by atoms with E-state index in [9.17, 15) is 9.59 Å². The molecule has 0 radical (unpaired) electrons. The molecule has 1 aromatic rings. The monoisotopic (exact) mass is 313 g/mol. The number of ether oxygens (including phenoxy) is 1. The van der Waals surface area contributed by atoms with Crippen molar-refractivity contribution in [2.75, 3.05) is 13.2 Å². The minimum atomic E-state index is -1.04. The van der Waals surface area contributed by atoms with E-state index in [0.29, 0.717) is 0 Å². The van der Waals surface area contributed by atoms with Crippen molar-refractivity contribution in [3.63, 3.8) is 0 Å². The molecule has 1 N–H and O–H groups in total. The summed E-state index contributed by atoms with van der Waals surface area (Å²) in [6.45, 7) is 0.255. The van der Waals surface area contributed by atoms with Gasteiger partial charge in [-0.2, -0.15) is 0 Å². The molecule has 0 spiro atoms. The molecule has 1 saturated heterocycles. The fraction of sp³-hybridized carbons (Fsp3) is 0.333. The summed E-state index contributed by atoms with van der Waals surface area (Å²) in [5.74, 6) is -1.34. The number of aliphatic carboxylic acids is 1. The van der Waals surface area contributed by atoms with Crippen molar-refractivity contribution >= 4 is 27.8 Å². The lowest BCUT2D eigenvalue weighted by Gasteiger charge is -2.32. The normalized spacial score (nSPS) is 19.9. The topological polar surface area (TPSA) is 66.8 Å². The minimum absolute atomic E-state index is 0.0368. The summed E-state index contributed by atoms with van der Waals surface area (Å²) in [5, 5.41) is 9.08. The largest absolute Gasteiger partial charge is 0.480 e. The van der Waals surface area contributed by atoms with E-state index >= 15 is 0 Å². The van der Waals surface area contributed by atoms with Crippen molar-refractivity contribution in [2.24, 2.45) is 0 Å². The molecule has 0 aromatic heterocycles. The lowest BCUT2D eigenvalue weighted by atomic mass is 10.1. The Labute approximate surface area is 112 Å². The van der Waals surface area contributed by atoms with Crippen molar-refractivity contribution in [3.8, 4) is 0 Å². The standard InChI is InChI=1S/C12H12BrNO4/c13-9-3-1-2-8(4-9)5-14-10(12(16)17)6-18-7-11(14)15/h1-4,10H,5-7H2,(H,16,17). The summed E-state index contributed by atoms with van der Waals surface area (Å²) in [6, 6.07) is 6.53. The molecule has 0 aliphatic carbocycles. The number of carbonyl (C=O) groups is 2. The zero-order valence-electron chi connectivity index (χ0n) is 9.51. The average Bonchev–Trinajstić information content (AvgIpc) is 2.31. The quantitative estimate of drug-likeness (QED) is 0.912. The smallest absolute Gasteiger partial charge is 0.328 e. The third kappa shape index (κ3) is 2.88. The molecule has 0 bridgehead atoms. The van der Waals surface area contributed by atoms with E-state index in [1.807, 2.05) is 24.3 Å². The van der Waals surface area contributed by atoms with Crippen LogP contribution in [0.2, 0.25) is 0 Å². The molecule has 1 heterocycles. The Bertz CT molecular complexity index is 477. The van der Waals surface area contributed by atoms with Gasteiger partial charge in [0.25, 0.3) is 0 Å². The first-order chi connectivity index (χ1) is 8.58. The van der Waals surface area contributed by atoms with E-state index in [1.165, 1.54) is 4.90 Å². The molecule has 1 amide bonds. The maximum absolute atomic E-state index is 11.7. The Morgan fingerprint density at radius 1 is 1.56 bits per heavy atom. The Balaban J connectivity index is 2.18. The van der Waals surface area contributed by atoms with Crippen LogP contribution in [0.25, 0.3) is 0 Å². The van der Waals surface area contributed by atoms with E-state index < -0.39 is 12.0 Å². The summed E-state index contributed by atoms with van der Waals surface area (Å²) >= 11 is 3.34. The minimum Gasteiger partial charge on any atom is -0.480 e. The lowest BCUT2D eigenvalue weighted by Crippen LogP contribution is -2.52. The van der Waals surface area contributed by atoms with Crippen molar-refractivity contribution in [1.29, 1.82) is 0 Å². The van der Waals surface area contributed by atoms with Crippen LogP contribution in [0.5, 0.6) is 0 Å². The first-order valence-corrected chi connectivity index (χ1v) is 6.21. The predicted molar refractivity (Wildman–Crippen MR) is 66.9 cm³/mol. The number of nitrogens with zero attached hydrogens (tertiary/aromatic N) is 1. The molecule has 1 aliphatic heterocycles. The van der Waals surface area contributed by atoms with E-state index in [1.54, 1.807) is 0 Å². The Morgan fingerprint density at radius 2 is 2.33 bits per heavy atom. The molecule has 96 valence electrons. The highest BCUT2D eigenvalue weighted by atomic mass is 79.9. The molecule has 18 heavy (non-hydrogen) atoms. The van der Waals surface area contributed by atoms with Crippen LogP contribution in [-0.4, -0.2) is 41.1 Å². The number of rotatable bonds is 3. The molecule has 1 aliphatic rings. The number of halogens is 1. The molecule has 1 atom stereocenters. The van der Waals surface area contributed by atoms with Gasteiger partial charge in [0.2, 0.25) is 5.91 Å². The van der Waals surface area contributed by atoms with Gasteiger partial charge >= 0.3 is 5.97 Å². The zero-order chi connectivity index (χ0) is 13.1.